The summed E-state index contributed by atoms with van der Waals surface area (Å²) in [6.45, 7) is 3.28. The summed E-state index contributed by atoms with van der Waals surface area (Å²) in [4.78, 5) is 66.4. The molecule has 6 N–H and O–H groups in total. The van der Waals surface area contributed by atoms with Crippen molar-refractivity contribution in [2.75, 3.05) is 13.1 Å². The zero-order valence-corrected chi connectivity index (χ0v) is 32.5. The van der Waals surface area contributed by atoms with Gasteiger partial charge in [0.05, 0.1) is 17.4 Å². The maximum absolute atomic E-state index is 13.3. The number of primary amides is 1. The van der Waals surface area contributed by atoms with Crippen molar-refractivity contribution in [1.82, 2.24) is 21.3 Å². The minimum Gasteiger partial charge on any atom is -0.741 e. The second-order valence-corrected chi connectivity index (χ2v) is 16.0. The molecule has 0 saturated heterocycles. The number of carbonyl (C=O) groups excluding carboxylic acids is 5. The Bertz CT molecular complexity index is 2020. The van der Waals surface area contributed by atoms with Crippen LogP contribution >= 0.6 is 0 Å². The third-order valence-electron chi connectivity index (χ3n) is 7.85. The smallest absolute Gasteiger partial charge is 0.485 e. The molecule has 0 bridgehead atoms. The standard InChI is InChI=1S/C38H41N5O5S.CHF3O3S/c1-26(2)35(38(48)40-23-22-34(45)42-32(37(47)41-25-33(39)44)24-27-12-6-3-7-13-27)43-36(46)28-18-20-31(21-19-28)49(29-14-8-4-9-15-29)30-16-10-5-11-17-30;2-1(3,4)8(5,6)7/h3-21,26,32,35H,22-25H2,1-2H3,(H5-,39,40,41,42,43,44,45,46,47,48);(H,5,6,7)/t32-,35-;/m0./s1. The molecular weight excluding hydrogens is 788 g/mol. The highest BCUT2D eigenvalue weighted by molar-refractivity contribution is 7.97. The largest absolute Gasteiger partial charge is 0.741 e. The van der Waals surface area contributed by atoms with E-state index in [2.05, 4.69) is 45.5 Å². The zero-order chi connectivity index (χ0) is 42.2. The van der Waals surface area contributed by atoms with Crippen LogP contribution in [0.3, 0.4) is 0 Å². The molecule has 0 unspecified atom stereocenters. The van der Waals surface area contributed by atoms with Gasteiger partial charge in [-0.3, -0.25) is 24.0 Å². The van der Waals surface area contributed by atoms with E-state index in [9.17, 15) is 37.1 Å². The van der Waals surface area contributed by atoms with Crippen LogP contribution in [-0.2, 0) is 46.6 Å². The summed E-state index contributed by atoms with van der Waals surface area (Å²) in [6, 6.07) is 35.2. The third kappa shape index (κ3) is 15.0. The molecule has 57 heavy (non-hydrogen) atoms. The lowest BCUT2D eigenvalue weighted by Crippen LogP contribution is -2.51. The van der Waals surface area contributed by atoms with E-state index in [0.29, 0.717) is 5.56 Å². The van der Waals surface area contributed by atoms with Crippen LogP contribution in [-0.4, -0.2) is 73.2 Å². The Kier molecular flexibility index (Phi) is 17.3. The Labute approximate surface area is 331 Å². The van der Waals surface area contributed by atoms with E-state index in [1.54, 1.807) is 12.1 Å². The minimum atomic E-state index is -6.09. The fourth-order valence-corrected chi connectivity index (χ4v) is 7.14. The number of alkyl halides is 3. The van der Waals surface area contributed by atoms with Crippen molar-refractivity contribution in [3.63, 3.8) is 0 Å². The van der Waals surface area contributed by atoms with Crippen LogP contribution < -0.4 is 27.0 Å². The first-order valence-electron chi connectivity index (χ1n) is 17.3. The van der Waals surface area contributed by atoms with Crippen molar-refractivity contribution in [2.45, 2.75) is 59.0 Å². The average Bonchev–Trinajstić information content (AvgIpc) is 3.16. The Hall–Kier alpha value is -5.72. The maximum Gasteiger partial charge on any atom is 0.485 e. The molecule has 0 spiro atoms. The molecule has 13 nitrogen and oxygen atoms in total. The Morgan fingerprint density at radius 2 is 1.19 bits per heavy atom. The molecule has 0 aliphatic rings. The molecule has 5 amide bonds. The van der Waals surface area contributed by atoms with Crippen molar-refractivity contribution < 1.29 is 50.1 Å². The van der Waals surface area contributed by atoms with Gasteiger partial charge < -0.3 is 31.6 Å². The molecule has 0 aromatic heterocycles. The SMILES string of the molecule is CC(C)[C@H](NC(=O)c1ccc([S+](c2ccccc2)c2ccccc2)cc1)C(=O)NCCC(=O)N[C@@H](Cc1ccccc1)C(=O)NCC(N)=O.O=S(=O)([O-])C(F)(F)F. The van der Waals surface area contributed by atoms with Gasteiger partial charge in [-0.2, -0.15) is 13.2 Å². The van der Waals surface area contributed by atoms with Gasteiger partial charge in [0.2, 0.25) is 23.6 Å². The predicted octanol–water partition coefficient (Wildman–Crippen LogP) is 3.42. The summed E-state index contributed by atoms with van der Waals surface area (Å²) < 4.78 is 58.9. The molecule has 0 fully saturated rings. The van der Waals surface area contributed by atoms with Crippen LogP contribution in [0, 0.1) is 5.92 Å². The van der Waals surface area contributed by atoms with Crippen LogP contribution in [0.15, 0.2) is 130 Å². The van der Waals surface area contributed by atoms with Crippen LogP contribution in [0.4, 0.5) is 13.2 Å². The Morgan fingerprint density at radius 1 is 0.719 bits per heavy atom. The van der Waals surface area contributed by atoms with Crippen LogP contribution in [0.2, 0.25) is 0 Å². The summed E-state index contributed by atoms with van der Waals surface area (Å²) in [5.41, 5.74) is 0.736. The molecule has 0 saturated carbocycles. The van der Waals surface area contributed by atoms with Gasteiger partial charge in [-0.05, 0) is 60.0 Å². The number of hydrogen-bond donors (Lipinski definition) is 5. The lowest BCUT2D eigenvalue weighted by atomic mass is 10.0. The summed E-state index contributed by atoms with van der Waals surface area (Å²) >= 11 is 0. The fourth-order valence-electron chi connectivity index (χ4n) is 5.06. The van der Waals surface area contributed by atoms with Crippen molar-refractivity contribution in [2.24, 2.45) is 11.7 Å². The number of carbonyl (C=O) groups is 5. The van der Waals surface area contributed by atoms with Gasteiger partial charge in [-0.15, -0.1) is 0 Å². The first-order valence-corrected chi connectivity index (χ1v) is 19.9. The lowest BCUT2D eigenvalue weighted by molar-refractivity contribution is -0.130. The monoisotopic (exact) mass is 829 g/mol. The minimum absolute atomic E-state index is 0.0132. The lowest BCUT2D eigenvalue weighted by Gasteiger charge is -2.22. The molecule has 2 atom stereocenters. The molecule has 0 radical (unpaired) electrons. The number of amides is 5. The van der Waals surface area contributed by atoms with Gasteiger partial charge in [0.25, 0.3) is 5.91 Å². The molecule has 304 valence electrons. The van der Waals surface area contributed by atoms with Gasteiger partial charge in [-0.25, -0.2) is 8.42 Å². The van der Waals surface area contributed by atoms with Crippen LogP contribution in [0.5, 0.6) is 0 Å². The number of benzene rings is 4. The first kappa shape index (κ1) is 45.7. The number of nitrogens with one attached hydrogen (secondary N) is 4. The van der Waals surface area contributed by atoms with Gasteiger partial charge in [0, 0.05) is 24.9 Å². The predicted molar refractivity (Wildman–Crippen MR) is 205 cm³/mol. The van der Waals surface area contributed by atoms with Gasteiger partial charge in [0.1, 0.15) is 12.1 Å². The molecule has 18 heteroatoms. The molecule has 0 aliphatic heterocycles. The highest BCUT2D eigenvalue weighted by atomic mass is 32.2. The molecule has 4 aromatic rings. The summed E-state index contributed by atoms with van der Waals surface area (Å²) in [5, 5.41) is 10.7. The molecular formula is C39H42F3N5O8S2. The number of rotatable bonds is 16. The van der Waals surface area contributed by atoms with E-state index in [4.69, 9.17) is 18.7 Å². The van der Waals surface area contributed by atoms with Crippen LogP contribution in [0.25, 0.3) is 0 Å². The maximum atomic E-state index is 13.3. The second-order valence-electron chi connectivity index (χ2n) is 12.6. The number of halogens is 3. The molecule has 4 rings (SSSR count). The number of nitrogens with two attached hydrogens (primary N) is 1. The highest BCUT2D eigenvalue weighted by Crippen LogP contribution is 2.31. The molecule has 0 heterocycles. The van der Waals surface area contributed by atoms with Gasteiger partial charge in [-0.1, -0.05) is 80.6 Å². The zero-order valence-electron chi connectivity index (χ0n) is 30.8. The summed E-state index contributed by atoms with van der Waals surface area (Å²) in [5.74, 6) is -2.77. The van der Waals surface area contributed by atoms with Gasteiger partial charge in [0.15, 0.2) is 24.8 Å². The van der Waals surface area contributed by atoms with Crippen LogP contribution in [0.1, 0.15) is 36.2 Å². The summed E-state index contributed by atoms with van der Waals surface area (Å²) in [7, 11) is -6.45. The van der Waals surface area contributed by atoms with Crippen molar-refractivity contribution >= 4 is 50.5 Å². The Morgan fingerprint density at radius 3 is 1.65 bits per heavy atom. The van der Waals surface area contributed by atoms with Gasteiger partial charge >= 0.3 is 5.51 Å². The third-order valence-corrected chi connectivity index (χ3v) is 10.6. The van der Waals surface area contributed by atoms with E-state index in [1.807, 2.05) is 92.7 Å². The first-order chi connectivity index (χ1) is 26.9. The second kappa shape index (κ2) is 21.5. The van der Waals surface area contributed by atoms with E-state index in [-0.39, 0.29) is 48.7 Å². The summed E-state index contributed by atoms with van der Waals surface area (Å²) in [6.07, 6.45) is 0.0939. The van der Waals surface area contributed by atoms with E-state index >= 15 is 0 Å². The average molecular weight is 830 g/mol. The number of hydrogen-bond acceptors (Lipinski definition) is 8. The van der Waals surface area contributed by atoms with Crippen molar-refractivity contribution in [3.8, 4) is 0 Å². The molecule has 0 aliphatic carbocycles. The van der Waals surface area contributed by atoms with E-state index in [1.165, 1.54) is 0 Å². The van der Waals surface area contributed by atoms with Crippen molar-refractivity contribution in [3.05, 3.63) is 126 Å². The highest BCUT2D eigenvalue weighted by Gasteiger charge is 2.37. The normalized spacial score (nSPS) is 12.4. The topological polar surface area (TPSA) is 217 Å². The quantitative estimate of drug-likeness (QED) is 0.0639. The van der Waals surface area contributed by atoms with Crippen molar-refractivity contribution in [1.29, 1.82) is 0 Å². The van der Waals surface area contributed by atoms with E-state index in [0.717, 1.165) is 20.2 Å². The van der Waals surface area contributed by atoms with E-state index < -0.39 is 51.3 Å². The molecule has 4 aromatic carbocycles. The Balaban J connectivity index is 0.000000980. The fraction of sp³-hybridized carbons (Fsp3) is 0.256.